The maximum Gasteiger partial charge on any atom is 0.0579 e. The van der Waals surface area contributed by atoms with Crippen LogP contribution in [0.15, 0.2) is 48.5 Å². The molecule has 3 rings (SSSR count). The van der Waals surface area contributed by atoms with Gasteiger partial charge in [-0.3, -0.25) is 0 Å². The highest BCUT2D eigenvalue weighted by Gasteiger charge is 2.20. The summed E-state index contributed by atoms with van der Waals surface area (Å²) in [6.45, 7) is 5.35. The van der Waals surface area contributed by atoms with E-state index < -0.39 is 0 Å². The zero-order valence-corrected chi connectivity index (χ0v) is 13.1. The average Bonchev–Trinajstić information content (AvgIpc) is 2.45. The second-order valence-electron chi connectivity index (χ2n) is 6.14. The normalized spacial score (nSPS) is 16.5. The maximum atomic E-state index is 3.63. The van der Waals surface area contributed by atoms with Crippen molar-refractivity contribution in [2.24, 2.45) is 0 Å². The summed E-state index contributed by atoms with van der Waals surface area (Å²) in [5, 5.41) is 3.63. The van der Waals surface area contributed by atoms with Gasteiger partial charge in [0, 0.05) is 0 Å². The Morgan fingerprint density at radius 1 is 1.05 bits per heavy atom. The Morgan fingerprint density at radius 3 is 2.33 bits per heavy atom. The third-order valence-electron chi connectivity index (χ3n) is 4.75. The standard InChI is InChI=1S/C20H25N/c1-3-21-20(19-10-5-4-7-15(19)2)18-13-11-17(12-14-18)16-8-6-9-16/h4-5,7,10-14,16,20-21H,3,6,8-9H2,1-2H3. The lowest BCUT2D eigenvalue weighted by atomic mass is 9.79. The molecule has 0 aromatic heterocycles. The SMILES string of the molecule is CCNC(c1ccc(C2CCC2)cc1)c1ccccc1C. The molecule has 2 aromatic rings. The van der Waals surface area contributed by atoms with E-state index in [9.17, 15) is 0 Å². The van der Waals surface area contributed by atoms with E-state index >= 15 is 0 Å². The van der Waals surface area contributed by atoms with E-state index in [2.05, 4.69) is 67.7 Å². The average molecular weight is 279 g/mol. The molecule has 0 amide bonds. The molecule has 1 aliphatic rings. The van der Waals surface area contributed by atoms with Gasteiger partial charge in [0.2, 0.25) is 0 Å². The van der Waals surface area contributed by atoms with Crippen LogP contribution in [0.25, 0.3) is 0 Å². The third-order valence-corrected chi connectivity index (χ3v) is 4.75. The Labute approximate surface area is 128 Å². The van der Waals surface area contributed by atoms with Crippen LogP contribution < -0.4 is 5.32 Å². The van der Waals surface area contributed by atoms with Crippen molar-refractivity contribution in [3.63, 3.8) is 0 Å². The summed E-state index contributed by atoms with van der Waals surface area (Å²) in [5.74, 6) is 0.815. The second kappa shape index (κ2) is 6.44. The Bertz CT molecular complexity index is 581. The summed E-state index contributed by atoms with van der Waals surface area (Å²) in [7, 11) is 0. The van der Waals surface area contributed by atoms with Gasteiger partial charge in [-0.15, -0.1) is 0 Å². The third kappa shape index (κ3) is 3.03. The highest BCUT2D eigenvalue weighted by atomic mass is 14.9. The van der Waals surface area contributed by atoms with Gasteiger partial charge in [0.1, 0.15) is 0 Å². The van der Waals surface area contributed by atoms with Crippen LogP contribution in [0.2, 0.25) is 0 Å². The lowest BCUT2D eigenvalue weighted by Gasteiger charge is -2.27. The van der Waals surface area contributed by atoms with E-state index in [1.165, 1.54) is 41.5 Å². The van der Waals surface area contributed by atoms with Crippen molar-refractivity contribution in [2.75, 3.05) is 6.54 Å². The molecular weight excluding hydrogens is 254 g/mol. The van der Waals surface area contributed by atoms with Crippen LogP contribution in [0.3, 0.4) is 0 Å². The summed E-state index contributed by atoms with van der Waals surface area (Å²) in [6, 6.07) is 18.3. The van der Waals surface area contributed by atoms with Crippen LogP contribution in [0.5, 0.6) is 0 Å². The van der Waals surface area contributed by atoms with Gasteiger partial charge in [0.05, 0.1) is 6.04 Å². The monoisotopic (exact) mass is 279 g/mol. The molecule has 1 aliphatic carbocycles. The molecule has 0 aliphatic heterocycles. The second-order valence-corrected chi connectivity index (χ2v) is 6.14. The number of rotatable bonds is 5. The van der Waals surface area contributed by atoms with Crippen LogP contribution in [0, 0.1) is 6.92 Å². The smallest absolute Gasteiger partial charge is 0.0579 e. The number of hydrogen-bond acceptors (Lipinski definition) is 1. The zero-order chi connectivity index (χ0) is 14.7. The van der Waals surface area contributed by atoms with E-state index in [1.54, 1.807) is 0 Å². The van der Waals surface area contributed by atoms with Gasteiger partial charge in [-0.25, -0.2) is 0 Å². The van der Waals surface area contributed by atoms with Crippen molar-refractivity contribution in [3.8, 4) is 0 Å². The van der Waals surface area contributed by atoms with Crippen molar-refractivity contribution < 1.29 is 0 Å². The van der Waals surface area contributed by atoms with E-state index in [1.807, 2.05) is 0 Å². The molecule has 1 unspecified atom stereocenters. The molecule has 1 nitrogen and oxygen atoms in total. The van der Waals surface area contributed by atoms with Crippen molar-refractivity contribution in [2.45, 2.75) is 45.1 Å². The van der Waals surface area contributed by atoms with E-state index in [0.717, 1.165) is 12.5 Å². The Morgan fingerprint density at radius 2 is 1.76 bits per heavy atom. The highest BCUT2D eigenvalue weighted by molar-refractivity contribution is 5.38. The summed E-state index contributed by atoms with van der Waals surface area (Å²) in [4.78, 5) is 0. The van der Waals surface area contributed by atoms with Gasteiger partial charge < -0.3 is 5.32 Å². The van der Waals surface area contributed by atoms with Gasteiger partial charge in [-0.1, -0.05) is 61.9 Å². The molecule has 1 N–H and O–H groups in total. The highest BCUT2D eigenvalue weighted by Crippen LogP contribution is 2.37. The number of aryl methyl sites for hydroxylation is 1. The first kappa shape index (κ1) is 14.3. The van der Waals surface area contributed by atoms with Crippen LogP contribution in [-0.2, 0) is 0 Å². The summed E-state index contributed by atoms with van der Waals surface area (Å²) in [5.41, 5.74) is 5.63. The lowest BCUT2D eigenvalue weighted by Crippen LogP contribution is -2.22. The summed E-state index contributed by atoms with van der Waals surface area (Å²) in [6.07, 6.45) is 4.14. The maximum absolute atomic E-state index is 3.63. The van der Waals surface area contributed by atoms with Gasteiger partial charge in [-0.2, -0.15) is 0 Å². The summed E-state index contributed by atoms with van der Waals surface area (Å²) < 4.78 is 0. The van der Waals surface area contributed by atoms with Crippen LogP contribution in [-0.4, -0.2) is 6.54 Å². The molecule has 1 fully saturated rings. The van der Waals surface area contributed by atoms with E-state index in [-0.39, 0.29) is 0 Å². The van der Waals surface area contributed by atoms with Gasteiger partial charge in [0.25, 0.3) is 0 Å². The quantitative estimate of drug-likeness (QED) is 0.815. The van der Waals surface area contributed by atoms with Crippen molar-refractivity contribution in [3.05, 3.63) is 70.8 Å². The van der Waals surface area contributed by atoms with Gasteiger partial charge in [0.15, 0.2) is 0 Å². The molecule has 1 atom stereocenters. The molecule has 0 radical (unpaired) electrons. The fourth-order valence-electron chi connectivity index (χ4n) is 3.22. The minimum Gasteiger partial charge on any atom is -0.307 e. The van der Waals surface area contributed by atoms with E-state index in [4.69, 9.17) is 0 Å². The predicted molar refractivity (Wildman–Crippen MR) is 89.7 cm³/mol. The minimum absolute atomic E-state index is 0.298. The van der Waals surface area contributed by atoms with Crippen LogP contribution in [0.4, 0.5) is 0 Å². The van der Waals surface area contributed by atoms with Crippen LogP contribution >= 0.6 is 0 Å². The molecule has 1 saturated carbocycles. The Hall–Kier alpha value is -1.60. The molecule has 21 heavy (non-hydrogen) atoms. The fourth-order valence-corrected chi connectivity index (χ4v) is 3.22. The Kier molecular flexibility index (Phi) is 4.40. The van der Waals surface area contributed by atoms with Crippen molar-refractivity contribution in [1.82, 2.24) is 5.32 Å². The van der Waals surface area contributed by atoms with E-state index in [0.29, 0.717) is 6.04 Å². The molecule has 1 heteroatoms. The fraction of sp³-hybridized carbons (Fsp3) is 0.400. The molecular formula is C20H25N. The number of hydrogen-bond donors (Lipinski definition) is 1. The Balaban J connectivity index is 1.88. The largest absolute Gasteiger partial charge is 0.307 e. The molecule has 0 saturated heterocycles. The first-order valence-electron chi connectivity index (χ1n) is 8.18. The van der Waals surface area contributed by atoms with Crippen molar-refractivity contribution in [1.29, 1.82) is 0 Å². The van der Waals surface area contributed by atoms with Gasteiger partial charge >= 0.3 is 0 Å². The molecule has 0 heterocycles. The van der Waals surface area contributed by atoms with Crippen molar-refractivity contribution >= 4 is 0 Å². The molecule has 110 valence electrons. The molecule has 2 aromatic carbocycles. The summed E-state index contributed by atoms with van der Waals surface area (Å²) >= 11 is 0. The number of nitrogens with one attached hydrogen (secondary N) is 1. The topological polar surface area (TPSA) is 12.0 Å². The molecule has 0 bridgehead atoms. The van der Waals surface area contributed by atoms with Gasteiger partial charge in [-0.05, 0) is 54.5 Å². The minimum atomic E-state index is 0.298. The first-order valence-corrected chi connectivity index (χ1v) is 8.18. The number of benzene rings is 2. The zero-order valence-electron chi connectivity index (χ0n) is 13.1. The predicted octanol–water partition coefficient (Wildman–Crippen LogP) is 4.96. The molecule has 0 spiro atoms. The first-order chi connectivity index (χ1) is 10.3. The van der Waals surface area contributed by atoms with Crippen LogP contribution in [0.1, 0.15) is 60.4 Å². The lowest BCUT2D eigenvalue weighted by molar-refractivity contribution is 0.419.